The zero-order chi connectivity index (χ0) is 18.4. The summed E-state index contributed by atoms with van der Waals surface area (Å²) in [5, 5.41) is 10.4. The molecule has 1 aliphatic heterocycles. The van der Waals surface area contributed by atoms with E-state index in [2.05, 4.69) is 42.1 Å². The average molecular weight is 354 g/mol. The van der Waals surface area contributed by atoms with Gasteiger partial charge < -0.3 is 19.6 Å². The minimum absolute atomic E-state index is 0.306. The maximum Gasteiger partial charge on any atom is 0.127 e. The van der Waals surface area contributed by atoms with Gasteiger partial charge in [0, 0.05) is 18.2 Å². The number of likely N-dealkylation sites (N-methyl/N-ethyl adjacent to an activating group) is 1. The zero-order valence-electron chi connectivity index (χ0n) is 15.8. The minimum Gasteiger partial charge on any atom is -0.490 e. The maximum atomic E-state index is 10.4. The molecule has 2 aromatic rings. The van der Waals surface area contributed by atoms with Gasteiger partial charge in [-0.1, -0.05) is 48.5 Å². The van der Waals surface area contributed by atoms with E-state index in [9.17, 15) is 5.11 Å². The molecule has 2 aromatic carbocycles. The number of aliphatic hydroxyl groups is 1. The Morgan fingerprint density at radius 1 is 1.08 bits per heavy atom. The number of hydrogen-bond acceptors (Lipinski definition) is 4. The number of hydrogen-bond donors (Lipinski definition) is 1. The summed E-state index contributed by atoms with van der Waals surface area (Å²) in [7, 11) is 4.28. The van der Waals surface area contributed by atoms with E-state index in [0.717, 1.165) is 42.8 Å². The smallest absolute Gasteiger partial charge is 0.127 e. The van der Waals surface area contributed by atoms with Crippen molar-refractivity contribution in [2.45, 2.75) is 25.0 Å². The third kappa shape index (κ3) is 5.07. The van der Waals surface area contributed by atoms with Crippen LogP contribution < -0.4 is 4.74 Å². The van der Waals surface area contributed by atoms with Crippen LogP contribution in [-0.4, -0.2) is 67.4 Å². The molecule has 0 aromatic heterocycles. The molecule has 1 N–H and O–H groups in total. The first-order valence-electron chi connectivity index (χ1n) is 9.47. The largest absolute Gasteiger partial charge is 0.490 e. The number of benzene rings is 2. The van der Waals surface area contributed by atoms with E-state index >= 15 is 0 Å². The van der Waals surface area contributed by atoms with E-state index in [1.807, 2.05) is 36.4 Å². The molecule has 4 nitrogen and oxygen atoms in total. The topological polar surface area (TPSA) is 35.9 Å². The third-order valence-electron chi connectivity index (χ3n) is 5.21. The normalized spacial score (nSPS) is 17.4. The van der Waals surface area contributed by atoms with Gasteiger partial charge in [-0.05, 0) is 51.7 Å². The number of likely N-dealkylation sites (tertiary alicyclic amines) is 1. The van der Waals surface area contributed by atoms with Crippen LogP contribution in [0.2, 0.25) is 0 Å². The molecule has 3 rings (SSSR count). The van der Waals surface area contributed by atoms with Crippen molar-refractivity contribution in [1.82, 2.24) is 9.80 Å². The summed E-state index contributed by atoms with van der Waals surface area (Å²) in [6.07, 6.45) is 1.83. The van der Waals surface area contributed by atoms with Gasteiger partial charge in [0.15, 0.2) is 0 Å². The van der Waals surface area contributed by atoms with Gasteiger partial charge in [-0.15, -0.1) is 0 Å². The number of rotatable bonds is 7. The lowest BCUT2D eigenvalue weighted by Crippen LogP contribution is -2.45. The monoisotopic (exact) mass is 354 g/mol. The lowest BCUT2D eigenvalue weighted by molar-refractivity contribution is 0.0500. The summed E-state index contributed by atoms with van der Waals surface area (Å²) in [6, 6.07) is 18.8. The van der Waals surface area contributed by atoms with Gasteiger partial charge >= 0.3 is 0 Å². The highest BCUT2D eigenvalue weighted by Crippen LogP contribution is 2.29. The van der Waals surface area contributed by atoms with Gasteiger partial charge in [-0.25, -0.2) is 0 Å². The van der Waals surface area contributed by atoms with Crippen LogP contribution >= 0.6 is 0 Å². The Morgan fingerprint density at radius 2 is 1.73 bits per heavy atom. The van der Waals surface area contributed by atoms with Crippen LogP contribution in [0.3, 0.4) is 0 Å². The third-order valence-corrected chi connectivity index (χ3v) is 5.21. The minimum atomic E-state index is -0.497. The molecular formula is C22H30N2O2. The van der Waals surface area contributed by atoms with E-state index < -0.39 is 6.10 Å². The first-order chi connectivity index (χ1) is 12.6. The SMILES string of the molecule is CN1CCC(N(C)CC(O)COc2ccccc2-c2ccccc2)CC1. The first-order valence-corrected chi connectivity index (χ1v) is 9.47. The average Bonchev–Trinajstić information content (AvgIpc) is 2.68. The molecule has 1 fully saturated rings. The van der Waals surface area contributed by atoms with E-state index in [1.165, 1.54) is 0 Å². The molecule has 0 aliphatic carbocycles. The molecule has 1 atom stereocenters. The van der Waals surface area contributed by atoms with Crippen LogP contribution in [-0.2, 0) is 0 Å². The van der Waals surface area contributed by atoms with Crippen molar-refractivity contribution in [2.24, 2.45) is 0 Å². The van der Waals surface area contributed by atoms with Crippen molar-refractivity contribution in [3.63, 3.8) is 0 Å². The lowest BCUT2D eigenvalue weighted by Gasteiger charge is -2.35. The number of piperidine rings is 1. The van der Waals surface area contributed by atoms with Gasteiger partial charge in [0.05, 0.1) is 0 Å². The van der Waals surface area contributed by atoms with E-state index in [-0.39, 0.29) is 0 Å². The van der Waals surface area contributed by atoms with Crippen LogP contribution in [0.25, 0.3) is 11.1 Å². The molecule has 4 heteroatoms. The summed E-state index contributed by atoms with van der Waals surface area (Å²) in [4.78, 5) is 4.65. The van der Waals surface area contributed by atoms with E-state index in [0.29, 0.717) is 19.2 Å². The number of para-hydroxylation sites is 1. The molecule has 140 valence electrons. The fraction of sp³-hybridized carbons (Fsp3) is 0.455. The van der Waals surface area contributed by atoms with Crippen LogP contribution in [0.4, 0.5) is 0 Å². The molecule has 0 amide bonds. The van der Waals surface area contributed by atoms with Gasteiger partial charge in [-0.2, -0.15) is 0 Å². The van der Waals surface area contributed by atoms with E-state index in [1.54, 1.807) is 0 Å². The Kier molecular flexibility index (Phi) is 6.67. The highest BCUT2D eigenvalue weighted by atomic mass is 16.5. The maximum absolute atomic E-state index is 10.4. The van der Waals surface area contributed by atoms with Crippen LogP contribution in [0.1, 0.15) is 12.8 Å². The summed E-state index contributed by atoms with van der Waals surface area (Å²) in [5.74, 6) is 0.819. The van der Waals surface area contributed by atoms with Crippen LogP contribution in [0.5, 0.6) is 5.75 Å². The zero-order valence-corrected chi connectivity index (χ0v) is 15.8. The molecule has 1 unspecified atom stereocenters. The van der Waals surface area contributed by atoms with Crippen molar-refractivity contribution in [1.29, 1.82) is 0 Å². The molecule has 1 aliphatic rings. The van der Waals surface area contributed by atoms with Gasteiger partial charge in [0.1, 0.15) is 18.5 Å². The van der Waals surface area contributed by atoms with Crippen LogP contribution in [0, 0.1) is 0 Å². The Bertz CT molecular complexity index is 669. The second-order valence-electron chi connectivity index (χ2n) is 7.30. The number of ether oxygens (including phenoxy) is 1. The van der Waals surface area contributed by atoms with Crippen molar-refractivity contribution in [3.8, 4) is 16.9 Å². The lowest BCUT2D eigenvalue weighted by atomic mass is 10.0. The molecular weight excluding hydrogens is 324 g/mol. The van der Waals surface area contributed by atoms with Crippen molar-refractivity contribution in [2.75, 3.05) is 40.3 Å². The molecule has 0 saturated carbocycles. The predicted molar refractivity (Wildman–Crippen MR) is 107 cm³/mol. The predicted octanol–water partition coefficient (Wildman–Crippen LogP) is 3.12. The summed E-state index contributed by atoms with van der Waals surface area (Å²) >= 11 is 0. The standard InChI is InChI=1S/C22H30N2O2/c1-23-14-12-19(13-15-23)24(2)16-20(25)17-26-22-11-7-6-10-21(22)18-8-4-3-5-9-18/h3-11,19-20,25H,12-17H2,1-2H3. The Balaban J connectivity index is 1.54. The molecule has 1 heterocycles. The highest BCUT2D eigenvalue weighted by molar-refractivity contribution is 5.70. The molecule has 0 bridgehead atoms. The Labute approximate surface area is 157 Å². The number of aliphatic hydroxyl groups excluding tert-OH is 1. The van der Waals surface area contributed by atoms with Gasteiger partial charge in [0.25, 0.3) is 0 Å². The summed E-state index contributed by atoms with van der Waals surface area (Å²) in [6.45, 7) is 3.21. The number of nitrogens with zero attached hydrogens (tertiary/aromatic N) is 2. The fourth-order valence-corrected chi connectivity index (χ4v) is 3.60. The molecule has 26 heavy (non-hydrogen) atoms. The second kappa shape index (κ2) is 9.17. The second-order valence-corrected chi connectivity index (χ2v) is 7.30. The van der Waals surface area contributed by atoms with E-state index in [4.69, 9.17) is 4.74 Å². The molecule has 0 spiro atoms. The molecule has 0 radical (unpaired) electrons. The highest BCUT2D eigenvalue weighted by Gasteiger charge is 2.22. The quantitative estimate of drug-likeness (QED) is 0.829. The first kappa shape index (κ1) is 18.9. The fourth-order valence-electron chi connectivity index (χ4n) is 3.60. The summed E-state index contributed by atoms with van der Waals surface area (Å²) < 4.78 is 5.97. The van der Waals surface area contributed by atoms with Crippen molar-refractivity contribution in [3.05, 3.63) is 54.6 Å². The van der Waals surface area contributed by atoms with Gasteiger partial charge in [0.2, 0.25) is 0 Å². The summed E-state index contributed by atoms with van der Waals surface area (Å²) in [5.41, 5.74) is 2.19. The van der Waals surface area contributed by atoms with Crippen molar-refractivity contribution < 1.29 is 9.84 Å². The molecule has 1 saturated heterocycles. The Morgan fingerprint density at radius 3 is 2.46 bits per heavy atom. The van der Waals surface area contributed by atoms with Crippen LogP contribution in [0.15, 0.2) is 54.6 Å². The Hall–Kier alpha value is -1.88. The van der Waals surface area contributed by atoms with Crippen molar-refractivity contribution >= 4 is 0 Å². The van der Waals surface area contributed by atoms with Gasteiger partial charge in [-0.3, -0.25) is 0 Å².